The van der Waals surface area contributed by atoms with Crippen molar-refractivity contribution >= 4 is 19.8 Å². The maximum Gasteiger partial charge on any atom is 0.472 e. The van der Waals surface area contributed by atoms with E-state index in [4.69, 9.17) is 18.5 Å². The van der Waals surface area contributed by atoms with E-state index in [-0.39, 0.29) is 32.0 Å². The Labute approximate surface area is 370 Å². The minimum atomic E-state index is -4.38. The molecule has 0 heterocycles. The summed E-state index contributed by atoms with van der Waals surface area (Å²) in [5.74, 6) is -0.803. The van der Waals surface area contributed by atoms with Gasteiger partial charge in [-0.3, -0.25) is 18.6 Å². The molecule has 2 atom stereocenters. The Bertz CT molecular complexity index is 1120. The van der Waals surface area contributed by atoms with Crippen molar-refractivity contribution in [3.63, 3.8) is 0 Å². The monoisotopic (exact) mass is 869 g/mol. The molecule has 1 N–H and O–H groups in total. The summed E-state index contributed by atoms with van der Waals surface area (Å²) < 4.78 is 34.4. The summed E-state index contributed by atoms with van der Waals surface area (Å²) in [5.41, 5.74) is 0. The second kappa shape index (κ2) is 42.5. The number of hydrogen-bond acceptors (Lipinski definition) is 7. The fourth-order valence-corrected chi connectivity index (χ4v) is 7.49. The van der Waals surface area contributed by atoms with Gasteiger partial charge >= 0.3 is 19.8 Å². The fourth-order valence-electron chi connectivity index (χ4n) is 6.75. The Kier molecular flexibility index (Phi) is 41.3. The quantitative estimate of drug-likeness (QED) is 0.0212. The van der Waals surface area contributed by atoms with Gasteiger partial charge < -0.3 is 18.9 Å². The van der Waals surface area contributed by atoms with Crippen LogP contribution < -0.4 is 0 Å². The summed E-state index contributed by atoms with van der Waals surface area (Å²) in [4.78, 5) is 35.5. The van der Waals surface area contributed by atoms with Crippen molar-refractivity contribution in [2.45, 2.75) is 225 Å². The third-order valence-electron chi connectivity index (χ3n) is 10.6. The first kappa shape index (κ1) is 58.2. The molecule has 0 rings (SSSR count). The predicted octanol–water partition coefficient (Wildman–Crippen LogP) is 14.5. The molecule has 0 aliphatic carbocycles. The van der Waals surface area contributed by atoms with Crippen molar-refractivity contribution in [2.75, 3.05) is 47.5 Å². The molecule has 0 radical (unpaired) electrons. The molecule has 0 saturated carbocycles. The number of esters is 2. The highest BCUT2D eigenvalue weighted by Crippen LogP contribution is 2.43. The first-order valence-electron chi connectivity index (χ1n) is 24.7. The fraction of sp³-hybridized carbons (Fsp3) is 0.840. The Morgan fingerprint density at radius 1 is 0.517 bits per heavy atom. The van der Waals surface area contributed by atoms with Gasteiger partial charge in [0, 0.05) is 12.8 Å². The van der Waals surface area contributed by atoms with Crippen LogP contribution in [0.1, 0.15) is 219 Å². The van der Waals surface area contributed by atoms with Crippen LogP contribution in [0.4, 0.5) is 0 Å². The van der Waals surface area contributed by atoms with Gasteiger partial charge in [0.25, 0.3) is 0 Å². The van der Waals surface area contributed by atoms with E-state index in [1.54, 1.807) is 0 Å². The van der Waals surface area contributed by atoms with Gasteiger partial charge in [-0.25, -0.2) is 4.57 Å². The number of carbonyl (C=O) groups excluding carboxylic acids is 2. The van der Waals surface area contributed by atoms with E-state index in [1.165, 1.54) is 135 Å². The molecule has 10 heteroatoms. The van der Waals surface area contributed by atoms with Crippen LogP contribution in [0, 0.1) is 0 Å². The summed E-state index contributed by atoms with van der Waals surface area (Å²) in [6.07, 6.45) is 49.0. The molecule has 352 valence electrons. The maximum absolute atomic E-state index is 12.7. The van der Waals surface area contributed by atoms with Gasteiger partial charge in [0.15, 0.2) is 6.10 Å². The number of nitrogens with zero attached hydrogens (tertiary/aromatic N) is 1. The highest BCUT2D eigenvalue weighted by molar-refractivity contribution is 7.47. The summed E-state index contributed by atoms with van der Waals surface area (Å²) >= 11 is 0. The molecule has 0 saturated heterocycles. The number of rotatable bonds is 45. The summed E-state index contributed by atoms with van der Waals surface area (Å²) in [6, 6.07) is 0. The number of carbonyl (C=O) groups is 2. The number of quaternary nitrogens is 1. The third kappa shape index (κ3) is 45.7. The van der Waals surface area contributed by atoms with Gasteiger partial charge in [-0.05, 0) is 70.6 Å². The number of phosphoric acid groups is 1. The first-order chi connectivity index (χ1) is 29.0. The summed E-state index contributed by atoms with van der Waals surface area (Å²) in [5, 5.41) is 0. The SMILES string of the molecule is CCCCC/C=C\C/C=C\CCCCCCCCCCCC(=O)OC[C@H](COP(=O)(O)OCC[N+](C)(C)C)OC(=O)CCCCCCCCC/C=C\CCCCCCCC. The van der Waals surface area contributed by atoms with Crippen LogP contribution in [-0.2, 0) is 32.7 Å². The molecule has 0 amide bonds. The maximum atomic E-state index is 12.7. The van der Waals surface area contributed by atoms with Crippen molar-refractivity contribution in [2.24, 2.45) is 0 Å². The minimum Gasteiger partial charge on any atom is -0.462 e. The molecule has 0 aliphatic heterocycles. The lowest BCUT2D eigenvalue weighted by atomic mass is 10.1. The van der Waals surface area contributed by atoms with Crippen LogP contribution >= 0.6 is 7.82 Å². The van der Waals surface area contributed by atoms with Crippen molar-refractivity contribution in [1.29, 1.82) is 0 Å². The van der Waals surface area contributed by atoms with Crippen LogP contribution in [-0.4, -0.2) is 74.9 Å². The number of likely N-dealkylation sites (N-methyl/N-ethyl adjacent to an activating group) is 1. The minimum absolute atomic E-state index is 0.0304. The standard InChI is InChI=1S/C50H94NO8P/c1-6-8-10-12-14-16-18-20-22-24-25-27-28-30-32-34-36-38-40-42-49(52)56-46-48(47-58-60(54,55)57-45-44-51(3,4)5)59-50(53)43-41-39-37-35-33-31-29-26-23-21-19-17-15-13-11-9-7-2/h14,16,20-23,48H,6-13,15,17-19,24-47H2,1-5H3/p+1/b16-14-,22-20-,23-21-/t48-/m1/s1. The molecule has 0 fully saturated rings. The Morgan fingerprint density at radius 3 is 1.37 bits per heavy atom. The van der Waals surface area contributed by atoms with E-state index < -0.39 is 26.5 Å². The largest absolute Gasteiger partial charge is 0.472 e. The lowest BCUT2D eigenvalue weighted by Crippen LogP contribution is -2.37. The Morgan fingerprint density at radius 2 is 0.900 bits per heavy atom. The van der Waals surface area contributed by atoms with E-state index >= 15 is 0 Å². The van der Waals surface area contributed by atoms with Crippen LogP contribution in [0.3, 0.4) is 0 Å². The predicted molar refractivity (Wildman–Crippen MR) is 252 cm³/mol. The highest BCUT2D eigenvalue weighted by Gasteiger charge is 2.27. The number of phosphoric ester groups is 1. The van der Waals surface area contributed by atoms with Crippen molar-refractivity contribution in [3.8, 4) is 0 Å². The van der Waals surface area contributed by atoms with Gasteiger partial charge in [-0.15, -0.1) is 0 Å². The van der Waals surface area contributed by atoms with Gasteiger partial charge in [0.05, 0.1) is 27.7 Å². The number of ether oxygens (including phenoxy) is 2. The van der Waals surface area contributed by atoms with Crippen LogP contribution in [0.5, 0.6) is 0 Å². The van der Waals surface area contributed by atoms with E-state index in [1.807, 2.05) is 21.1 Å². The average Bonchev–Trinajstić information content (AvgIpc) is 3.20. The molecule has 9 nitrogen and oxygen atoms in total. The van der Waals surface area contributed by atoms with Gasteiger partial charge in [0.2, 0.25) is 0 Å². The lowest BCUT2D eigenvalue weighted by Gasteiger charge is -2.24. The zero-order chi connectivity index (χ0) is 44.3. The molecule has 1 unspecified atom stereocenters. The summed E-state index contributed by atoms with van der Waals surface area (Å²) in [7, 11) is 1.47. The molecule has 0 aliphatic rings. The van der Waals surface area contributed by atoms with Crippen LogP contribution in [0.2, 0.25) is 0 Å². The zero-order valence-corrected chi connectivity index (χ0v) is 40.6. The van der Waals surface area contributed by atoms with Crippen LogP contribution in [0.15, 0.2) is 36.5 Å². The van der Waals surface area contributed by atoms with E-state index in [0.717, 1.165) is 51.4 Å². The van der Waals surface area contributed by atoms with Crippen molar-refractivity contribution < 1.29 is 42.1 Å². The average molecular weight is 869 g/mol. The number of unbranched alkanes of at least 4 members (excludes halogenated alkanes) is 25. The van der Waals surface area contributed by atoms with E-state index in [2.05, 4.69) is 50.3 Å². The van der Waals surface area contributed by atoms with Gasteiger partial charge in [0.1, 0.15) is 19.8 Å². The first-order valence-corrected chi connectivity index (χ1v) is 26.2. The Balaban J connectivity index is 4.28. The second-order valence-electron chi connectivity index (χ2n) is 17.8. The molecule has 0 bridgehead atoms. The molecule has 0 aromatic carbocycles. The zero-order valence-electron chi connectivity index (χ0n) is 39.7. The molecule has 0 aromatic rings. The third-order valence-corrected chi connectivity index (χ3v) is 11.6. The molecule has 0 aromatic heterocycles. The Hall–Kier alpha value is -1.77. The highest BCUT2D eigenvalue weighted by atomic mass is 31.2. The molecule has 60 heavy (non-hydrogen) atoms. The van der Waals surface area contributed by atoms with Crippen molar-refractivity contribution in [1.82, 2.24) is 0 Å². The van der Waals surface area contributed by atoms with Crippen molar-refractivity contribution in [3.05, 3.63) is 36.5 Å². The second-order valence-corrected chi connectivity index (χ2v) is 19.3. The number of hydrogen-bond donors (Lipinski definition) is 1. The molecule has 0 spiro atoms. The lowest BCUT2D eigenvalue weighted by molar-refractivity contribution is -0.870. The molecular formula is C50H95NO8P+. The van der Waals surface area contributed by atoms with Gasteiger partial charge in [-0.1, -0.05) is 172 Å². The number of allylic oxidation sites excluding steroid dienone is 6. The van der Waals surface area contributed by atoms with E-state index in [0.29, 0.717) is 17.4 Å². The molecular weight excluding hydrogens is 774 g/mol. The van der Waals surface area contributed by atoms with E-state index in [9.17, 15) is 19.0 Å². The smallest absolute Gasteiger partial charge is 0.462 e. The van der Waals surface area contributed by atoms with Gasteiger partial charge in [-0.2, -0.15) is 0 Å². The normalized spacial score (nSPS) is 13.8. The van der Waals surface area contributed by atoms with Crippen LogP contribution in [0.25, 0.3) is 0 Å². The topological polar surface area (TPSA) is 108 Å². The summed E-state index contributed by atoms with van der Waals surface area (Å²) in [6.45, 7) is 4.41.